The number of carboxylic acids is 1. The second-order valence-electron chi connectivity index (χ2n) is 4.30. The van der Waals surface area contributed by atoms with Gasteiger partial charge in [-0.25, -0.2) is 9.78 Å². The standard InChI is InChI=1S/C12H15ClN2O4/c1-18-8-5-15(6-9(8)19-2)11-4-7(12(16)17)3-10(13)14-11/h3-4,8-9H,5-6H2,1-2H3,(H,16,17). The molecule has 0 saturated carbocycles. The Balaban J connectivity index is 2.25. The van der Waals surface area contributed by atoms with Crippen LogP contribution in [0.3, 0.4) is 0 Å². The molecule has 7 heteroatoms. The third-order valence-corrected chi connectivity index (χ3v) is 3.37. The molecule has 104 valence electrons. The van der Waals surface area contributed by atoms with Crippen molar-refractivity contribution in [3.05, 3.63) is 22.8 Å². The van der Waals surface area contributed by atoms with E-state index < -0.39 is 5.97 Å². The Bertz CT molecular complexity index is 471. The molecule has 0 aliphatic carbocycles. The van der Waals surface area contributed by atoms with E-state index in [0.29, 0.717) is 18.9 Å². The average molecular weight is 287 g/mol. The van der Waals surface area contributed by atoms with Gasteiger partial charge >= 0.3 is 5.97 Å². The van der Waals surface area contributed by atoms with E-state index in [9.17, 15) is 4.79 Å². The van der Waals surface area contributed by atoms with Gasteiger partial charge in [-0.05, 0) is 12.1 Å². The Kier molecular flexibility index (Phi) is 4.24. The molecule has 2 atom stereocenters. The lowest BCUT2D eigenvalue weighted by Crippen LogP contribution is -2.27. The van der Waals surface area contributed by atoms with Crippen molar-refractivity contribution in [2.45, 2.75) is 12.2 Å². The Hall–Kier alpha value is -1.37. The van der Waals surface area contributed by atoms with Crippen molar-refractivity contribution in [2.24, 2.45) is 0 Å². The summed E-state index contributed by atoms with van der Waals surface area (Å²) in [6, 6.07) is 2.82. The van der Waals surface area contributed by atoms with Crippen LogP contribution in [0.25, 0.3) is 0 Å². The highest BCUT2D eigenvalue weighted by Crippen LogP contribution is 2.24. The van der Waals surface area contributed by atoms with E-state index in [4.69, 9.17) is 26.2 Å². The molecule has 1 aliphatic heterocycles. The second kappa shape index (κ2) is 5.73. The van der Waals surface area contributed by atoms with Crippen molar-refractivity contribution in [3.63, 3.8) is 0 Å². The SMILES string of the molecule is COC1CN(c2cc(C(=O)O)cc(Cl)n2)CC1OC. The Morgan fingerprint density at radius 3 is 2.42 bits per heavy atom. The second-order valence-corrected chi connectivity index (χ2v) is 4.68. The number of rotatable bonds is 4. The van der Waals surface area contributed by atoms with Gasteiger partial charge in [-0.3, -0.25) is 0 Å². The fourth-order valence-corrected chi connectivity index (χ4v) is 2.36. The number of aromatic nitrogens is 1. The number of halogens is 1. The van der Waals surface area contributed by atoms with E-state index in [1.54, 1.807) is 14.2 Å². The van der Waals surface area contributed by atoms with Crippen molar-refractivity contribution < 1.29 is 19.4 Å². The van der Waals surface area contributed by atoms with E-state index in [-0.39, 0.29) is 22.9 Å². The first kappa shape index (κ1) is 14.0. The predicted octanol–water partition coefficient (Wildman–Crippen LogP) is 1.28. The number of aromatic carboxylic acids is 1. The summed E-state index contributed by atoms with van der Waals surface area (Å²) >= 11 is 5.85. The zero-order valence-corrected chi connectivity index (χ0v) is 11.4. The molecule has 0 amide bonds. The molecule has 1 N–H and O–H groups in total. The fraction of sp³-hybridized carbons (Fsp3) is 0.500. The molecule has 19 heavy (non-hydrogen) atoms. The van der Waals surface area contributed by atoms with Gasteiger partial charge in [-0.1, -0.05) is 11.6 Å². The lowest BCUT2D eigenvalue weighted by atomic mass is 10.2. The van der Waals surface area contributed by atoms with Crippen LogP contribution in [0.1, 0.15) is 10.4 Å². The van der Waals surface area contributed by atoms with Crippen molar-refractivity contribution in [3.8, 4) is 0 Å². The monoisotopic (exact) mass is 286 g/mol. The molecule has 0 bridgehead atoms. The number of hydrogen-bond acceptors (Lipinski definition) is 5. The highest BCUT2D eigenvalue weighted by molar-refractivity contribution is 6.29. The summed E-state index contributed by atoms with van der Waals surface area (Å²) in [5, 5.41) is 9.18. The van der Waals surface area contributed by atoms with Crippen LogP contribution in [0.5, 0.6) is 0 Å². The minimum atomic E-state index is -1.03. The first-order valence-corrected chi connectivity index (χ1v) is 6.14. The summed E-state index contributed by atoms with van der Waals surface area (Å²) in [5.74, 6) is -0.511. The van der Waals surface area contributed by atoms with E-state index in [1.165, 1.54) is 12.1 Å². The minimum Gasteiger partial charge on any atom is -0.478 e. The number of anilines is 1. The molecule has 1 aromatic rings. The van der Waals surface area contributed by atoms with Crippen molar-refractivity contribution in [1.82, 2.24) is 4.98 Å². The van der Waals surface area contributed by atoms with E-state index in [0.717, 1.165) is 0 Å². The highest BCUT2D eigenvalue weighted by atomic mass is 35.5. The van der Waals surface area contributed by atoms with Crippen molar-refractivity contribution >= 4 is 23.4 Å². The molecule has 1 aliphatic rings. The number of hydrogen-bond donors (Lipinski definition) is 1. The van der Waals surface area contributed by atoms with Gasteiger partial charge in [0.2, 0.25) is 0 Å². The average Bonchev–Trinajstić information content (AvgIpc) is 2.81. The van der Waals surface area contributed by atoms with Gasteiger partial charge in [-0.15, -0.1) is 0 Å². The van der Waals surface area contributed by atoms with Crippen LogP contribution in [0, 0.1) is 0 Å². The quantitative estimate of drug-likeness (QED) is 0.841. The lowest BCUT2D eigenvalue weighted by Gasteiger charge is -2.17. The maximum absolute atomic E-state index is 11.0. The molecule has 1 fully saturated rings. The zero-order valence-electron chi connectivity index (χ0n) is 10.7. The number of carboxylic acid groups (broad SMARTS) is 1. The molecule has 1 saturated heterocycles. The Labute approximate surface area is 115 Å². The Morgan fingerprint density at radius 1 is 1.37 bits per heavy atom. The van der Waals surface area contributed by atoms with Crippen LogP contribution < -0.4 is 4.90 Å². The largest absolute Gasteiger partial charge is 0.478 e. The van der Waals surface area contributed by atoms with Crippen LogP contribution >= 0.6 is 11.6 Å². The van der Waals surface area contributed by atoms with E-state index in [2.05, 4.69) is 4.98 Å². The first-order chi connectivity index (χ1) is 9.05. The molecule has 2 heterocycles. The normalized spacial score (nSPS) is 22.8. The summed E-state index contributed by atoms with van der Waals surface area (Å²) in [6.45, 7) is 1.17. The number of methoxy groups -OCH3 is 2. The summed E-state index contributed by atoms with van der Waals surface area (Å²) in [4.78, 5) is 17.1. The van der Waals surface area contributed by atoms with Crippen LogP contribution in [-0.2, 0) is 9.47 Å². The molecule has 6 nitrogen and oxygen atoms in total. The van der Waals surface area contributed by atoms with Gasteiger partial charge in [0.25, 0.3) is 0 Å². The molecule has 0 radical (unpaired) electrons. The van der Waals surface area contributed by atoms with Gasteiger partial charge < -0.3 is 19.5 Å². The number of pyridine rings is 1. The topological polar surface area (TPSA) is 71.9 Å². The third kappa shape index (κ3) is 2.97. The van der Waals surface area contributed by atoms with Crippen LogP contribution in [0.4, 0.5) is 5.82 Å². The van der Waals surface area contributed by atoms with Gasteiger partial charge in [0.15, 0.2) is 0 Å². The smallest absolute Gasteiger partial charge is 0.335 e. The molecule has 0 spiro atoms. The van der Waals surface area contributed by atoms with Gasteiger partial charge in [0.05, 0.1) is 5.56 Å². The molecule has 2 rings (SSSR count). The zero-order chi connectivity index (χ0) is 14.0. The number of nitrogens with zero attached hydrogens (tertiary/aromatic N) is 2. The summed E-state index contributed by atoms with van der Waals surface area (Å²) in [7, 11) is 3.24. The van der Waals surface area contributed by atoms with Gasteiger partial charge in [-0.2, -0.15) is 0 Å². The van der Waals surface area contributed by atoms with Gasteiger partial charge in [0.1, 0.15) is 23.2 Å². The van der Waals surface area contributed by atoms with Crippen molar-refractivity contribution in [1.29, 1.82) is 0 Å². The highest BCUT2D eigenvalue weighted by Gasteiger charge is 2.34. The summed E-state index contributed by atoms with van der Waals surface area (Å²) in [5.41, 5.74) is 0.116. The minimum absolute atomic E-state index is 0.0703. The summed E-state index contributed by atoms with van der Waals surface area (Å²) < 4.78 is 10.7. The molecule has 1 aromatic heterocycles. The lowest BCUT2D eigenvalue weighted by molar-refractivity contribution is -0.00461. The number of ether oxygens (including phenoxy) is 2. The van der Waals surface area contributed by atoms with Crippen molar-refractivity contribution in [2.75, 3.05) is 32.2 Å². The molecular formula is C12H15ClN2O4. The predicted molar refractivity (Wildman–Crippen MR) is 70.0 cm³/mol. The first-order valence-electron chi connectivity index (χ1n) is 5.76. The van der Waals surface area contributed by atoms with Crippen LogP contribution in [0.2, 0.25) is 5.15 Å². The van der Waals surface area contributed by atoms with Crippen LogP contribution in [0.15, 0.2) is 12.1 Å². The number of carbonyl (C=O) groups is 1. The van der Waals surface area contributed by atoms with Crippen LogP contribution in [-0.4, -0.2) is 55.6 Å². The molecular weight excluding hydrogens is 272 g/mol. The van der Waals surface area contributed by atoms with Gasteiger partial charge in [0, 0.05) is 27.3 Å². The van der Waals surface area contributed by atoms with E-state index in [1.807, 2.05) is 4.90 Å². The maximum Gasteiger partial charge on any atom is 0.335 e. The summed E-state index contributed by atoms with van der Waals surface area (Å²) in [6.07, 6.45) is -0.141. The Morgan fingerprint density at radius 2 is 1.95 bits per heavy atom. The molecule has 0 aromatic carbocycles. The molecule has 2 unspecified atom stereocenters. The van der Waals surface area contributed by atoms with E-state index >= 15 is 0 Å². The third-order valence-electron chi connectivity index (χ3n) is 3.17. The fourth-order valence-electron chi connectivity index (χ4n) is 2.15. The maximum atomic E-state index is 11.0.